The Bertz CT molecular complexity index is 1310. The summed E-state index contributed by atoms with van der Waals surface area (Å²) in [4.78, 5) is 17.8. The van der Waals surface area contributed by atoms with E-state index < -0.39 is 0 Å². The number of nitrogens with zero attached hydrogens (tertiary/aromatic N) is 2. The molecule has 184 valence electrons. The number of hydrogen-bond donors (Lipinski definition) is 1. The molecule has 0 bridgehead atoms. The molecule has 1 amide bonds. The molecular formula is C29H34ClN3OS. The zero-order valence-electron chi connectivity index (χ0n) is 20.5. The van der Waals surface area contributed by atoms with Crippen LogP contribution < -0.4 is 10.2 Å². The number of carbonyl (C=O) groups is 1. The van der Waals surface area contributed by atoms with Crippen LogP contribution in [0.2, 0.25) is 0 Å². The minimum Gasteiger partial charge on any atom is -0.369 e. The molecule has 6 heteroatoms. The van der Waals surface area contributed by atoms with Gasteiger partial charge in [0.25, 0.3) is 5.91 Å². The first-order valence-electron chi connectivity index (χ1n) is 12.3. The fourth-order valence-electron chi connectivity index (χ4n) is 4.92. The third-order valence-electron chi connectivity index (χ3n) is 7.11. The molecule has 2 heterocycles. The quantitative estimate of drug-likeness (QED) is 0.293. The Kier molecular flexibility index (Phi) is 8.32. The van der Waals surface area contributed by atoms with Crippen LogP contribution in [0.4, 0.5) is 5.69 Å². The van der Waals surface area contributed by atoms with Crippen molar-refractivity contribution in [1.82, 2.24) is 10.2 Å². The van der Waals surface area contributed by atoms with E-state index in [2.05, 4.69) is 77.5 Å². The van der Waals surface area contributed by atoms with E-state index in [1.807, 2.05) is 12.1 Å². The maximum Gasteiger partial charge on any atom is 0.251 e. The number of hydrogen-bond acceptors (Lipinski definition) is 4. The lowest BCUT2D eigenvalue weighted by Gasteiger charge is -2.37. The number of fused-ring (bicyclic) bond motifs is 3. The van der Waals surface area contributed by atoms with Crippen LogP contribution in [0.25, 0.3) is 20.2 Å². The highest BCUT2D eigenvalue weighted by atomic mass is 35.5. The Balaban J connectivity index is 0.00000289. The Morgan fingerprint density at radius 2 is 1.66 bits per heavy atom. The smallest absolute Gasteiger partial charge is 0.251 e. The lowest BCUT2D eigenvalue weighted by Crippen LogP contribution is -2.47. The molecule has 0 spiro atoms. The van der Waals surface area contributed by atoms with E-state index in [1.165, 1.54) is 37.0 Å². The number of unbranched alkanes of at least 4 members (excludes halogenated alkanes) is 1. The van der Waals surface area contributed by atoms with Crippen LogP contribution in [0.5, 0.6) is 0 Å². The van der Waals surface area contributed by atoms with Gasteiger partial charge in [-0.3, -0.25) is 9.69 Å². The number of rotatable bonds is 7. The van der Waals surface area contributed by atoms with Crippen molar-refractivity contribution in [3.63, 3.8) is 0 Å². The molecule has 1 saturated heterocycles. The van der Waals surface area contributed by atoms with Gasteiger partial charge in [-0.2, -0.15) is 0 Å². The number of aryl methyl sites for hydroxylation is 1. The van der Waals surface area contributed by atoms with Gasteiger partial charge in [0, 0.05) is 64.1 Å². The first-order valence-corrected chi connectivity index (χ1v) is 13.1. The molecule has 0 atom stereocenters. The molecule has 0 aliphatic carbocycles. The monoisotopic (exact) mass is 507 g/mol. The zero-order chi connectivity index (χ0) is 23.5. The van der Waals surface area contributed by atoms with Crippen LogP contribution in [0.3, 0.4) is 0 Å². The van der Waals surface area contributed by atoms with E-state index in [1.54, 1.807) is 11.3 Å². The lowest BCUT2D eigenvalue weighted by molar-refractivity contribution is 0.0952. The third-order valence-corrected chi connectivity index (χ3v) is 8.27. The normalized spacial score (nSPS) is 14.3. The largest absolute Gasteiger partial charge is 0.369 e. The summed E-state index contributed by atoms with van der Waals surface area (Å²) < 4.78 is 2.50. The molecule has 1 aromatic heterocycles. The Labute approximate surface area is 218 Å². The van der Waals surface area contributed by atoms with Crippen LogP contribution in [0.1, 0.15) is 34.3 Å². The molecular weight excluding hydrogens is 474 g/mol. The fourth-order valence-corrected chi connectivity index (χ4v) is 6.01. The number of piperazine rings is 1. The number of benzene rings is 3. The first-order chi connectivity index (χ1) is 16.6. The van der Waals surface area contributed by atoms with Crippen molar-refractivity contribution < 1.29 is 4.79 Å². The van der Waals surface area contributed by atoms with Gasteiger partial charge in [0.15, 0.2) is 0 Å². The third kappa shape index (κ3) is 5.64. The minimum absolute atomic E-state index is 0. The fraction of sp³-hybridized carbons (Fsp3) is 0.345. The average Bonchev–Trinajstić information content (AvgIpc) is 3.24. The van der Waals surface area contributed by atoms with Gasteiger partial charge in [0.1, 0.15) is 0 Å². The second-order valence-corrected chi connectivity index (χ2v) is 10.4. The Morgan fingerprint density at radius 3 is 2.49 bits per heavy atom. The molecule has 1 aliphatic heterocycles. The molecule has 0 radical (unpaired) electrons. The van der Waals surface area contributed by atoms with Gasteiger partial charge in [0.05, 0.1) is 0 Å². The maximum absolute atomic E-state index is 12.7. The summed E-state index contributed by atoms with van der Waals surface area (Å²) in [5.74, 6) is 0.0271. The van der Waals surface area contributed by atoms with Crippen LogP contribution >= 0.6 is 23.7 Å². The van der Waals surface area contributed by atoms with Gasteiger partial charge in [0.2, 0.25) is 0 Å². The SMILES string of the molecule is Cc1cccc(N2CCN(CCCCNC(=O)c3ccc4sc5ccccc5c4c3)CC2)c1C.Cl. The second kappa shape index (κ2) is 11.4. The molecule has 1 N–H and O–H groups in total. The van der Waals surface area contributed by atoms with E-state index in [0.29, 0.717) is 0 Å². The highest BCUT2D eigenvalue weighted by Gasteiger charge is 2.18. The van der Waals surface area contributed by atoms with Crippen molar-refractivity contribution in [3.05, 3.63) is 77.4 Å². The van der Waals surface area contributed by atoms with Gasteiger partial charge in [-0.25, -0.2) is 0 Å². The van der Waals surface area contributed by atoms with Crippen molar-refractivity contribution >= 4 is 55.5 Å². The van der Waals surface area contributed by atoms with E-state index in [4.69, 9.17) is 0 Å². The van der Waals surface area contributed by atoms with Crippen LogP contribution in [0, 0.1) is 13.8 Å². The number of carbonyl (C=O) groups excluding carboxylic acids is 1. The maximum atomic E-state index is 12.7. The van der Waals surface area contributed by atoms with Gasteiger partial charge >= 0.3 is 0 Å². The van der Waals surface area contributed by atoms with Gasteiger partial charge in [-0.05, 0) is 74.7 Å². The minimum atomic E-state index is 0. The van der Waals surface area contributed by atoms with Crippen molar-refractivity contribution in [1.29, 1.82) is 0 Å². The molecule has 0 saturated carbocycles. The number of halogens is 1. The predicted molar refractivity (Wildman–Crippen MR) is 153 cm³/mol. The second-order valence-electron chi connectivity index (χ2n) is 9.32. The number of nitrogens with one attached hydrogen (secondary N) is 1. The summed E-state index contributed by atoms with van der Waals surface area (Å²) in [6, 6.07) is 21.1. The molecule has 4 nitrogen and oxygen atoms in total. The summed E-state index contributed by atoms with van der Waals surface area (Å²) >= 11 is 1.78. The number of amides is 1. The topological polar surface area (TPSA) is 35.6 Å². The average molecular weight is 508 g/mol. The molecule has 3 aromatic carbocycles. The van der Waals surface area contributed by atoms with Crippen molar-refractivity contribution in [2.24, 2.45) is 0 Å². The van der Waals surface area contributed by atoms with Gasteiger partial charge in [-0.15, -0.1) is 23.7 Å². The zero-order valence-corrected chi connectivity index (χ0v) is 22.2. The Morgan fingerprint density at radius 1 is 0.886 bits per heavy atom. The highest BCUT2D eigenvalue weighted by Crippen LogP contribution is 2.34. The van der Waals surface area contributed by atoms with Crippen LogP contribution in [0.15, 0.2) is 60.7 Å². The van der Waals surface area contributed by atoms with Gasteiger partial charge < -0.3 is 10.2 Å². The van der Waals surface area contributed by atoms with E-state index in [-0.39, 0.29) is 18.3 Å². The van der Waals surface area contributed by atoms with Crippen molar-refractivity contribution in [3.8, 4) is 0 Å². The standard InChI is InChI=1S/C29H33N3OS.ClH/c1-21-8-7-10-26(22(21)2)32-18-16-31(17-19-32)15-6-5-14-30-29(33)23-12-13-28-25(20-23)24-9-3-4-11-27(24)34-28;/h3-4,7-13,20H,5-6,14-19H2,1-2H3,(H,30,33);1H. The highest BCUT2D eigenvalue weighted by molar-refractivity contribution is 7.25. The van der Waals surface area contributed by atoms with Crippen molar-refractivity contribution in [2.45, 2.75) is 26.7 Å². The van der Waals surface area contributed by atoms with Crippen LogP contribution in [-0.2, 0) is 0 Å². The summed E-state index contributed by atoms with van der Waals surface area (Å²) in [6.45, 7) is 10.6. The van der Waals surface area contributed by atoms with E-state index in [9.17, 15) is 4.79 Å². The summed E-state index contributed by atoms with van der Waals surface area (Å²) in [5.41, 5.74) is 4.90. The molecule has 4 aromatic rings. The number of thiophene rings is 1. The molecule has 35 heavy (non-hydrogen) atoms. The summed E-state index contributed by atoms with van der Waals surface area (Å²) in [5, 5.41) is 5.53. The van der Waals surface area contributed by atoms with Crippen LogP contribution in [-0.4, -0.2) is 50.1 Å². The molecule has 1 fully saturated rings. The van der Waals surface area contributed by atoms with Crippen molar-refractivity contribution in [2.75, 3.05) is 44.2 Å². The Hall–Kier alpha value is -2.60. The number of anilines is 1. The van der Waals surface area contributed by atoms with E-state index in [0.717, 1.165) is 57.7 Å². The molecule has 0 unspecified atom stereocenters. The molecule has 1 aliphatic rings. The predicted octanol–water partition coefficient (Wildman–Crippen LogP) is 6.43. The summed E-state index contributed by atoms with van der Waals surface area (Å²) in [6.07, 6.45) is 2.12. The lowest BCUT2D eigenvalue weighted by atomic mass is 10.1. The summed E-state index contributed by atoms with van der Waals surface area (Å²) in [7, 11) is 0. The molecule has 5 rings (SSSR count). The van der Waals surface area contributed by atoms with Gasteiger partial charge in [-0.1, -0.05) is 30.3 Å². The first kappa shape index (κ1) is 25.5. The van der Waals surface area contributed by atoms with E-state index >= 15 is 0 Å².